The van der Waals surface area contributed by atoms with Gasteiger partial charge in [-0.1, -0.05) is 0 Å². The van der Waals surface area contributed by atoms with E-state index in [2.05, 4.69) is 31.5 Å². The fourth-order valence-electron chi connectivity index (χ4n) is 2.28. The monoisotopic (exact) mass is 400 g/mol. The second kappa shape index (κ2) is 7.25. The van der Waals surface area contributed by atoms with Crippen molar-refractivity contribution in [2.45, 2.75) is 0 Å². The third-order valence-corrected chi connectivity index (χ3v) is 3.86. The number of nitrogens with one attached hydrogen (secondary N) is 1. The van der Waals surface area contributed by atoms with Crippen LogP contribution in [0.2, 0.25) is 0 Å². The fraction of sp³-hybridized carbons (Fsp3) is 0. The molecule has 0 saturated carbocycles. The number of benzene rings is 3. The summed E-state index contributed by atoms with van der Waals surface area (Å²) in [4.78, 5) is 4.46. The first-order chi connectivity index (χ1) is 12.0. The molecule has 3 rings (SSSR count). The Morgan fingerprint density at radius 3 is 2.48 bits per heavy atom. The molecule has 7 heteroatoms. The van der Waals surface area contributed by atoms with Crippen molar-refractivity contribution in [1.29, 1.82) is 0 Å². The Balaban J connectivity index is 1.79. The Morgan fingerprint density at radius 2 is 1.64 bits per heavy atom. The van der Waals surface area contributed by atoms with Gasteiger partial charge in [0, 0.05) is 0 Å². The first-order valence-corrected chi connectivity index (χ1v) is 8.18. The van der Waals surface area contributed by atoms with Gasteiger partial charge in [-0.05, 0) is 0 Å². The quantitative estimate of drug-likeness (QED) is 0.136. The summed E-state index contributed by atoms with van der Waals surface area (Å²) in [5, 5.41) is 34.5. The van der Waals surface area contributed by atoms with Gasteiger partial charge in [0.15, 0.2) is 0 Å². The summed E-state index contributed by atoms with van der Waals surface area (Å²) >= 11 is 2.78. The molecule has 0 heterocycles. The Bertz CT molecular complexity index is 981. The number of hydrazone groups is 1. The zero-order valence-electron chi connectivity index (χ0n) is 12.9. The second-order valence-electron chi connectivity index (χ2n) is 5.18. The first kappa shape index (κ1) is 16.8. The van der Waals surface area contributed by atoms with Crippen molar-refractivity contribution in [3.63, 3.8) is 0 Å². The number of phenolic OH excluding ortho intramolecular Hbond substituents is 3. The van der Waals surface area contributed by atoms with Crippen LogP contribution in [0.3, 0.4) is 0 Å². The molecule has 3 aromatic carbocycles. The van der Waals surface area contributed by atoms with Crippen LogP contribution in [0, 0.1) is 0 Å². The number of aliphatic imine (C=N–C) groups is 1. The average Bonchev–Trinajstić information content (AvgIpc) is 2.60. The number of nitrogens with zero attached hydrogens (tertiary/aromatic N) is 2. The molecule has 0 aromatic heterocycles. The van der Waals surface area contributed by atoms with Crippen LogP contribution in [0.1, 0.15) is 5.56 Å². The van der Waals surface area contributed by atoms with Gasteiger partial charge in [0.1, 0.15) is 0 Å². The molecular formula is C18H14N3O3Se. The zero-order chi connectivity index (χ0) is 17.8. The molecule has 0 aliphatic carbocycles. The number of amidine groups is 1. The van der Waals surface area contributed by atoms with Gasteiger partial charge < -0.3 is 0 Å². The predicted octanol–water partition coefficient (Wildman–Crippen LogP) is 2.74. The zero-order valence-corrected chi connectivity index (χ0v) is 14.6. The summed E-state index contributed by atoms with van der Waals surface area (Å²) < 4.78 is 0.440. The molecule has 25 heavy (non-hydrogen) atoms. The molecule has 0 aliphatic heterocycles. The SMILES string of the molecule is Oc1cc(O)c(/C=N/NC([Se])=Nc2cccc3ccccc23)cc1O. The third kappa shape index (κ3) is 3.91. The molecular weight excluding hydrogens is 385 g/mol. The van der Waals surface area contributed by atoms with Crippen molar-refractivity contribution in [2.75, 3.05) is 0 Å². The van der Waals surface area contributed by atoms with Crippen molar-refractivity contribution in [3.05, 3.63) is 60.2 Å². The molecule has 0 atom stereocenters. The molecule has 0 amide bonds. The first-order valence-electron chi connectivity index (χ1n) is 7.32. The van der Waals surface area contributed by atoms with Gasteiger partial charge in [0.25, 0.3) is 0 Å². The Hall–Kier alpha value is -3.02. The van der Waals surface area contributed by atoms with Crippen molar-refractivity contribution in [1.82, 2.24) is 5.43 Å². The minimum absolute atomic E-state index is 0.200. The molecule has 3 aromatic rings. The number of phenols is 3. The van der Waals surface area contributed by atoms with E-state index in [1.54, 1.807) is 0 Å². The fourth-order valence-corrected chi connectivity index (χ4v) is 2.60. The van der Waals surface area contributed by atoms with E-state index in [1.165, 1.54) is 12.3 Å². The maximum absolute atomic E-state index is 9.71. The van der Waals surface area contributed by atoms with Crippen LogP contribution in [0.15, 0.2) is 64.7 Å². The third-order valence-electron chi connectivity index (χ3n) is 3.48. The minimum atomic E-state index is -0.398. The summed E-state index contributed by atoms with van der Waals surface area (Å²) in [6, 6.07) is 16.0. The number of rotatable bonds is 3. The van der Waals surface area contributed by atoms with Crippen LogP contribution in [0.5, 0.6) is 17.2 Å². The van der Waals surface area contributed by atoms with Gasteiger partial charge in [-0.3, -0.25) is 0 Å². The van der Waals surface area contributed by atoms with Crippen LogP contribution in [-0.2, 0) is 0 Å². The Morgan fingerprint density at radius 1 is 0.920 bits per heavy atom. The van der Waals surface area contributed by atoms with Gasteiger partial charge in [-0.2, -0.15) is 0 Å². The van der Waals surface area contributed by atoms with Crippen molar-refractivity contribution in [2.24, 2.45) is 10.1 Å². The van der Waals surface area contributed by atoms with Crippen molar-refractivity contribution in [3.8, 4) is 17.2 Å². The molecule has 0 bridgehead atoms. The van der Waals surface area contributed by atoms with Crippen LogP contribution in [-0.4, -0.2) is 42.3 Å². The van der Waals surface area contributed by atoms with Gasteiger partial charge in [0.05, 0.1) is 0 Å². The van der Waals surface area contributed by atoms with Gasteiger partial charge in [-0.25, -0.2) is 0 Å². The van der Waals surface area contributed by atoms with Crippen LogP contribution in [0.25, 0.3) is 10.8 Å². The summed E-state index contributed by atoms with van der Waals surface area (Å²) in [6.45, 7) is 0. The summed E-state index contributed by atoms with van der Waals surface area (Å²) in [5.74, 6) is -0.940. The number of fused-ring (bicyclic) bond motifs is 1. The maximum atomic E-state index is 9.71. The Kier molecular flexibility index (Phi) is 4.88. The molecule has 0 spiro atoms. The van der Waals surface area contributed by atoms with Gasteiger partial charge >= 0.3 is 152 Å². The normalized spacial score (nSPS) is 11.9. The second-order valence-corrected chi connectivity index (χ2v) is 6.00. The van der Waals surface area contributed by atoms with Gasteiger partial charge in [-0.15, -0.1) is 0 Å². The molecule has 0 saturated heterocycles. The molecule has 0 aliphatic rings. The average molecular weight is 399 g/mol. The number of aromatic hydroxyl groups is 3. The molecule has 125 valence electrons. The van der Waals surface area contributed by atoms with Crippen molar-refractivity contribution < 1.29 is 15.3 Å². The van der Waals surface area contributed by atoms with E-state index in [1.807, 2.05) is 42.5 Å². The summed E-state index contributed by atoms with van der Waals surface area (Å²) in [6.07, 6.45) is 1.31. The van der Waals surface area contributed by atoms with Crippen LogP contribution < -0.4 is 5.43 Å². The van der Waals surface area contributed by atoms with E-state index >= 15 is 0 Å². The molecule has 0 fully saturated rings. The summed E-state index contributed by atoms with van der Waals surface area (Å²) in [5.41, 5.74) is 3.76. The topological polar surface area (TPSA) is 97.4 Å². The standard InChI is InChI=1S/C18H14N3O3Se/c22-15-9-17(24)16(23)8-12(15)10-19-21-18(25)20-14-7-3-5-11-4-1-2-6-13(11)14/h1-10,22-24H,(H,20,21)/b19-10+. The van der Waals surface area contributed by atoms with Crippen LogP contribution >= 0.6 is 0 Å². The molecule has 6 nitrogen and oxygen atoms in total. The van der Waals surface area contributed by atoms with Crippen LogP contribution in [0.4, 0.5) is 5.69 Å². The number of hydrogen-bond donors (Lipinski definition) is 4. The van der Waals surface area contributed by atoms with E-state index in [9.17, 15) is 15.3 Å². The van der Waals surface area contributed by atoms with Crippen molar-refractivity contribution >= 4 is 43.4 Å². The van der Waals surface area contributed by atoms with E-state index < -0.39 is 5.75 Å². The Labute approximate surface area is 152 Å². The van der Waals surface area contributed by atoms with E-state index in [0.717, 1.165) is 22.5 Å². The molecule has 1 radical (unpaired) electrons. The number of hydrogen-bond acceptors (Lipinski definition) is 5. The van der Waals surface area contributed by atoms with E-state index in [4.69, 9.17) is 0 Å². The molecule has 0 unspecified atom stereocenters. The molecule has 4 N–H and O–H groups in total. The van der Waals surface area contributed by atoms with E-state index in [-0.39, 0.29) is 17.1 Å². The van der Waals surface area contributed by atoms with Gasteiger partial charge in [0.2, 0.25) is 0 Å². The van der Waals surface area contributed by atoms with E-state index in [0.29, 0.717) is 4.73 Å². The predicted molar refractivity (Wildman–Crippen MR) is 99.0 cm³/mol. The summed E-state index contributed by atoms with van der Waals surface area (Å²) in [7, 11) is 0.